The highest BCUT2D eigenvalue weighted by Gasteiger charge is 2.24. The Balaban J connectivity index is 2.37. The topological polar surface area (TPSA) is 117 Å². The van der Waals surface area contributed by atoms with Gasteiger partial charge in [0, 0.05) is 32.8 Å². The molecule has 4 N–H and O–H groups in total. The molecule has 0 saturated heterocycles. The van der Waals surface area contributed by atoms with Gasteiger partial charge in [-0.25, -0.2) is 9.78 Å². The Hall–Kier alpha value is -2.84. The van der Waals surface area contributed by atoms with E-state index in [9.17, 15) is 9.59 Å². The third kappa shape index (κ3) is 10.9. The zero-order valence-corrected chi connectivity index (χ0v) is 18.5. The lowest BCUT2D eigenvalue weighted by atomic mass is 10.1. The molecule has 0 atom stereocenters. The van der Waals surface area contributed by atoms with Gasteiger partial charge >= 0.3 is 6.09 Å². The number of ether oxygens (including phenoxy) is 1. The standard InChI is InChI=1S/C20H34N6O3/c1-14-8-9-15(23-12-14)25-16(27)10-11-22-17(21-7)24-13-20(5,6)26-18(28)29-19(2,3)4/h8-9,12H,10-11,13H2,1-7H3,(H,26,28)(H2,21,22,24)(H,23,25,27). The Labute approximate surface area is 173 Å². The van der Waals surface area contributed by atoms with E-state index < -0.39 is 17.2 Å². The van der Waals surface area contributed by atoms with Crippen molar-refractivity contribution in [3.05, 3.63) is 23.9 Å². The molecule has 0 unspecified atom stereocenters. The third-order valence-electron chi connectivity index (χ3n) is 3.58. The lowest BCUT2D eigenvalue weighted by Crippen LogP contribution is -2.54. The van der Waals surface area contributed by atoms with Crippen molar-refractivity contribution in [3.8, 4) is 0 Å². The first-order valence-electron chi connectivity index (χ1n) is 9.58. The molecule has 0 spiro atoms. The number of nitrogens with one attached hydrogen (secondary N) is 4. The summed E-state index contributed by atoms with van der Waals surface area (Å²) in [5, 5.41) is 11.8. The molecule has 0 saturated carbocycles. The van der Waals surface area contributed by atoms with E-state index in [1.54, 1.807) is 19.3 Å². The van der Waals surface area contributed by atoms with Crippen LogP contribution in [-0.2, 0) is 9.53 Å². The summed E-state index contributed by atoms with van der Waals surface area (Å²) in [6.07, 6.45) is 1.48. The first-order valence-corrected chi connectivity index (χ1v) is 9.58. The van der Waals surface area contributed by atoms with Gasteiger partial charge in [0.2, 0.25) is 5.91 Å². The molecule has 0 bridgehead atoms. The monoisotopic (exact) mass is 406 g/mol. The van der Waals surface area contributed by atoms with Crippen molar-refractivity contribution in [2.45, 2.75) is 59.1 Å². The Morgan fingerprint density at radius 1 is 1.14 bits per heavy atom. The minimum atomic E-state index is -0.561. The lowest BCUT2D eigenvalue weighted by molar-refractivity contribution is -0.116. The highest BCUT2D eigenvalue weighted by Crippen LogP contribution is 2.09. The second-order valence-electron chi connectivity index (χ2n) is 8.38. The maximum Gasteiger partial charge on any atom is 0.408 e. The number of hydrogen-bond acceptors (Lipinski definition) is 5. The molecule has 2 amide bonds. The number of guanidine groups is 1. The molecule has 9 nitrogen and oxygen atoms in total. The average Bonchev–Trinajstić information content (AvgIpc) is 2.57. The van der Waals surface area contributed by atoms with Crippen LogP contribution in [0, 0.1) is 6.92 Å². The molecule has 1 rings (SSSR count). The number of amides is 2. The van der Waals surface area contributed by atoms with Gasteiger partial charge in [0.25, 0.3) is 0 Å². The number of carbonyl (C=O) groups is 2. The van der Waals surface area contributed by atoms with E-state index in [1.807, 2.05) is 47.6 Å². The van der Waals surface area contributed by atoms with E-state index in [0.29, 0.717) is 24.9 Å². The minimum absolute atomic E-state index is 0.142. The van der Waals surface area contributed by atoms with Crippen LogP contribution in [0.5, 0.6) is 0 Å². The van der Waals surface area contributed by atoms with Gasteiger partial charge in [0.15, 0.2) is 5.96 Å². The number of anilines is 1. The second-order valence-corrected chi connectivity index (χ2v) is 8.38. The van der Waals surface area contributed by atoms with Gasteiger partial charge in [0.1, 0.15) is 11.4 Å². The fourth-order valence-electron chi connectivity index (χ4n) is 2.19. The number of aromatic nitrogens is 1. The van der Waals surface area contributed by atoms with E-state index in [4.69, 9.17) is 4.74 Å². The van der Waals surface area contributed by atoms with Crippen LogP contribution in [0.2, 0.25) is 0 Å². The van der Waals surface area contributed by atoms with E-state index in [-0.39, 0.29) is 12.3 Å². The van der Waals surface area contributed by atoms with Crippen LogP contribution in [0.4, 0.5) is 10.6 Å². The molecule has 0 aliphatic rings. The summed E-state index contributed by atoms with van der Waals surface area (Å²) >= 11 is 0. The van der Waals surface area contributed by atoms with Crippen LogP contribution in [0.1, 0.15) is 46.6 Å². The van der Waals surface area contributed by atoms with Crippen LogP contribution in [0.15, 0.2) is 23.3 Å². The van der Waals surface area contributed by atoms with Crippen molar-refractivity contribution in [1.29, 1.82) is 0 Å². The zero-order chi connectivity index (χ0) is 22.1. The molecule has 0 radical (unpaired) electrons. The van der Waals surface area contributed by atoms with Gasteiger partial charge in [0.05, 0.1) is 5.54 Å². The van der Waals surface area contributed by atoms with Crippen LogP contribution in [-0.4, -0.2) is 54.2 Å². The molecule has 1 aromatic heterocycles. The van der Waals surface area contributed by atoms with Gasteiger partial charge in [-0.15, -0.1) is 0 Å². The largest absolute Gasteiger partial charge is 0.444 e. The summed E-state index contributed by atoms with van der Waals surface area (Å²) in [6.45, 7) is 11.9. The Bertz CT molecular complexity index is 708. The van der Waals surface area contributed by atoms with E-state index in [0.717, 1.165) is 5.56 Å². The first-order chi connectivity index (χ1) is 13.4. The van der Waals surface area contributed by atoms with Crippen molar-refractivity contribution in [2.75, 3.05) is 25.5 Å². The van der Waals surface area contributed by atoms with E-state index >= 15 is 0 Å². The first kappa shape index (κ1) is 24.2. The van der Waals surface area contributed by atoms with Crippen LogP contribution in [0.25, 0.3) is 0 Å². The molecule has 0 fully saturated rings. The van der Waals surface area contributed by atoms with Crippen molar-refractivity contribution >= 4 is 23.8 Å². The van der Waals surface area contributed by atoms with Crippen LogP contribution < -0.4 is 21.3 Å². The normalized spacial score (nSPS) is 12.2. The number of carbonyl (C=O) groups excluding carboxylic acids is 2. The highest BCUT2D eigenvalue weighted by molar-refractivity contribution is 5.90. The van der Waals surface area contributed by atoms with E-state index in [1.165, 1.54) is 0 Å². The summed E-state index contributed by atoms with van der Waals surface area (Å²) in [5.74, 6) is 0.916. The molecule has 162 valence electrons. The Kier molecular flexibility index (Phi) is 8.87. The predicted molar refractivity (Wildman–Crippen MR) is 115 cm³/mol. The third-order valence-corrected chi connectivity index (χ3v) is 3.58. The van der Waals surface area contributed by atoms with Crippen LogP contribution in [0.3, 0.4) is 0 Å². The number of alkyl carbamates (subject to hydrolysis) is 1. The van der Waals surface area contributed by atoms with Gasteiger partial charge in [-0.05, 0) is 53.2 Å². The molecular formula is C20H34N6O3. The van der Waals surface area contributed by atoms with Crippen molar-refractivity contribution in [1.82, 2.24) is 20.9 Å². The maximum absolute atomic E-state index is 12.0. The predicted octanol–water partition coefficient (Wildman–Crippen LogP) is 2.19. The van der Waals surface area contributed by atoms with Crippen molar-refractivity contribution in [2.24, 2.45) is 4.99 Å². The summed E-state index contributed by atoms with van der Waals surface area (Å²) in [7, 11) is 1.64. The molecule has 0 aromatic carbocycles. The number of aryl methyl sites for hydroxylation is 1. The van der Waals surface area contributed by atoms with Crippen LogP contribution >= 0.6 is 0 Å². The molecular weight excluding hydrogens is 372 g/mol. The van der Waals surface area contributed by atoms with Gasteiger partial charge in [-0.1, -0.05) is 6.07 Å². The minimum Gasteiger partial charge on any atom is -0.444 e. The van der Waals surface area contributed by atoms with Gasteiger partial charge < -0.3 is 26.0 Å². The second kappa shape index (κ2) is 10.6. The fraction of sp³-hybridized carbons (Fsp3) is 0.600. The summed E-state index contributed by atoms with van der Waals surface area (Å²) in [5.41, 5.74) is -0.0856. The zero-order valence-electron chi connectivity index (χ0n) is 18.5. The summed E-state index contributed by atoms with van der Waals surface area (Å²) < 4.78 is 5.28. The van der Waals surface area contributed by atoms with Crippen molar-refractivity contribution in [3.63, 3.8) is 0 Å². The highest BCUT2D eigenvalue weighted by atomic mass is 16.6. The molecule has 1 aromatic rings. The lowest BCUT2D eigenvalue weighted by Gasteiger charge is -2.29. The number of pyridine rings is 1. The molecule has 29 heavy (non-hydrogen) atoms. The quantitative estimate of drug-likeness (QED) is 0.407. The SMILES string of the molecule is CN=C(NCCC(=O)Nc1ccc(C)cn1)NCC(C)(C)NC(=O)OC(C)(C)C. The number of aliphatic imine (C=N–C) groups is 1. The molecule has 1 heterocycles. The molecule has 0 aliphatic heterocycles. The Morgan fingerprint density at radius 3 is 2.38 bits per heavy atom. The molecule has 9 heteroatoms. The number of rotatable bonds is 7. The van der Waals surface area contributed by atoms with Gasteiger partial charge in [-0.2, -0.15) is 0 Å². The molecule has 0 aliphatic carbocycles. The Morgan fingerprint density at radius 2 is 1.83 bits per heavy atom. The number of nitrogens with zero attached hydrogens (tertiary/aromatic N) is 2. The average molecular weight is 407 g/mol. The number of hydrogen-bond donors (Lipinski definition) is 4. The fourth-order valence-corrected chi connectivity index (χ4v) is 2.19. The van der Waals surface area contributed by atoms with Gasteiger partial charge in [-0.3, -0.25) is 9.79 Å². The summed E-state index contributed by atoms with van der Waals surface area (Å²) in [6, 6.07) is 3.65. The van der Waals surface area contributed by atoms with Crippen molar-refractivity contribution < 1.29 is 14.3 Å². The van der Waals surface area contributed by atoms with E-state index in [2.05, 4.69) is 31.2 Å². The maximum atomic E-state index is 12.0. The summed E-state index contributed by atoms with van der Waals surface area (Å²) in [4.78, 5) is 32.2. The smallest absolute Gasteiger partial charge is 0.408 e.